The summed E-state index contributed by atoms with van der Waals surface area (Å²) in [6, 6.07) is 6.07. The van der Waals surface area contributed by atoms with Crippen LogP contribution in [0.5, 0.6) is 11.5 Å². The molecule has 0 radical (unpaired) electrons. The molecule has 0 unspecified atom stereocenters. The first-order chi connectivity index (χ1) is 11.3. The van der Waals surface area contributed by atoms with Gasteiger partial charge in [-0.1, -0.05) is 0 Å². The minimum absolute atomic E-state index is 0.192. The summed E-state index contributed by atoms with van der Waals surface area (Å²) < 4.78 is 48.5. The lowest BCUT2D eigenvalue weighted by molar-refractivity contribution is -0.137. The van der Waals surface area contributed by atoms with Crippen LogP contribution < -0.4 is 14.8 Å². The Morgan fingerprint density at radius 3 is 2.58 bits per heavy atom. The van der Waals surface area contributed by atoms with Gasteiger partial charge in [0.25, 0.3) is 5.91 Å². The van der Waals surface area contributed by atoms with Crippen molar-refractivity contribution in [2.45, 2.75) is 13.1 Å². The number of carbonyl (C=O) groups is 1. The Kier molecular flexibility index (Phi) is 5.28. The molecular weight excluding hydrogens is 325 g/mol. The van der Waals surface area contributed by atoms with Gasteiger partial charge in [0, 0.05) is 11.8 Å². The van der Waals surface area contributed by atoms with Crippen molar-refractivity contribution < 1.29 is 27.4 Å². The number of rotatable bonds is 5. The van der Waals surface area contributed by atoms with Crippen LogP contribution in [-0.2, 0) is 6.18 Å². The number of halogens is 3. The van der Waals surface area contributed by atoms with E-state index in [0.29, 0.717) is 18.1 Å². The van der Waals surface area contributed by atoms with Crippen LogP contribution >= 0.6 is 0 Å². The van der Waals surface area contributed by atoms with Crippen LogP contribution in [-0.4, -0.2) is 24.6 Å². The lowest BCUT2D eigenvalue weighted by Crippen LogP contribution is -2.14. The van der Waals surface area contributed by atoms with Crippen molar-refractivity contribution in [2.24, 2.45) is 0 Å². The molecule has 0 aliphatic rings. The zero-order chi connectivity index (χ0) is 17.7. The Bertz CT molecular complexity index is 733. The summed E-state index contributed by atoms with van der Waals surface area (Å²) >= 11 is 0. The van der Waals surface area contributed by atoms with Crippen molar-refractivity contribution >= 4 is 11.7 Å². The second kappa shape index (κ2) is 7.20. The second-order valence-electron chi connectivity index (χ2n) is 4.68. The third-order valence-corrected chi connectivity index (χ3v) is 3.05. The number of hydrogen-bond acceptors (Lipinski definition) is 4. The fourth-order valence-corrected chi connectivity index (χ4v) is 1.95. The predicted octanol–water partition coefficient (Wildman–Crippen LogP) is 3.76. The molecule has 0 bridgehead atoms. The number of anilines is 1. The average molecular weight is 340 g/mol. The highest BCUT2D eigenvalue weighted by Crippen LogP contribution is 2.30. The van der Waals surface area contributed by atoms with Gasteiger partial charge in [-0.15, -0.1) is 0 Å². The lowest BCUT2D eigenvalue weighted by Gasteiger charge is -2.12. The molecule has 0 fully saturated rings. The van der Waals surface area contributed by atoms with Gasteiger partial charge in [0.15, 0.2) is 11.5 Å². The van der Waals surface area contributed by atoms with E-state index in [-0.39, 0.29) is 11.4 Å². The van der Waals surface area contributed by atoms with Gasteiger partial charge < -0.3 is 14.8 Å². The summed E-state index contributed by atoms with van der Waals surface area (Å²) in [5.41, 5.74) is -0.688. The molecule has 0 spiro atoms. The van der Waals surface area contributed by atoms with E-state index in [9.17, 15) is 18.0 Å². The molecule has 1 aromatic carbocycles. The largest absolute Gasteiger partial charge is 0.493 e. The van der Waals surface area contributed by atoms with Crippen LogP contribution in [0.25, 0.3) is 0 Å². The fourth-order valence-electron chi connectivity index (χ4n) is 1.95. The summed E-state index contributed by atoms with van der Waals surface area (Å²) in [5, 5.41) is 2.33. The summed E-state index contributed by atoms with van der Waals surface area (Å²) in [5.74, 6) is 0.0149. The number of aromatic nitrogens is 1. The lowest BCUT2D eigenvalue weighted by atomic mass is 10.2. The number of ether oxygens (including phenoxy) is 2. The molecule has 0 saturated heterocycles. The van der Waals surface area contributed by atoms with Crippen LogP contribution in [0.15, 0.2) is 36.5 Å². The van der Waals surface area contributed by atoms with E-state index in [1.54, 1.807) is 13.0 Å². The molecule has 1 heterocycles. The van der Waals surface area contributed by atoms with Gasteiger partial charge in [0.05, 0.1) is 19.3 Å². The molecule has 0 atom stereocenters. The van der Waals surface area contributed by atoms with E-state index < -0.39 is 17.6 Å². The van der Waals surface area contributed by atoms with Gasteiger partial charge in [-0.2, -0.15) is 13.2 Å². The van der Waals surface area contributed by atoms with Crippen LogP contribution in [0, 0.1) is 0 Å². The molecule has 0 aliphatic heterocycles. The maximum atomic E-state index is 12.7. The highest BCUT2D eigenvalue weighted by molar-refractivity contribution is 6.04. The third kappa shape index (κ3) is 4.15. The van der Waals surface area contributed by atoms with E-state index in [1.807, 2.05) is 0 Å². The average Bonchev–Trinajstić information content (AvgIpc) is 2.55. The van der Waals surface area contributed by atoms with Crippen molar-refractivity contribution in [1.29, 1.82) is 0 Å². The van der Waals surface area contributed by atoms with Crippen molar-refractivity contribution in [1.82, 2.24) is 4.98 Å². The fraction of sp³-hybridized carbons (Fsp3) is 0.250. The molecule has 5 nitrogen and oxygen atoms in total. The Morgan fingerprint density at radius 2 is 1.96 bits per heavy atom. The second-order valence-corrected chi connectivity index (χ2v) is 4.68. The maximum absolute atomic E-state index is 12.7. The number of hydrogen-bond donors (Lipinski definition) is 1. The molecule has 1 aromatic heterocycles. The highest BCUT2D eigenvalue weighted by atomic mass is 19.4. The minimum Gasteiger partial charge on any atom is -0.493 e. The van der Waals surface area contributed by atoms with Gasteiger partial charge >= 0.3 is 6.18 Å². The zero-order valence-electron chi connectivity index (χ0n) is 13.0. The number of benzene rings is 1. The standard InChI is InChI=1S/C16H15F3N2O3/c1-3-24-12-5-4-10(8-13(12)23-2)15(22)21-14-9-11(6-7-20-14)16(17,18)19/h4-9H,3H2,1-2H3,(H,20,21,22). The van der Waals surface area contributed by atoms with Crippen LogP contribution in [0.3, 0.4) is 0 Å². The van der Waals surface area contributed by atoms with Crippen molar-refractivity contribution in [2.75, 3.05) is 19.0 Å². The predicted molar refractivity (Wildman–Crippen MR) is 81.4 cm³/mol. The summed E-state index contributed by atoms with van der Waals surface area (Å²) in [4.78, 5) is 15.9. The van der Waals surface area contributed by atoms with E-state index in [4.69, 9.17) is 9.47 Å². The minimum atomic E-state index is -4.51. The first-order valence-corrected chi connectivity index (χ1v) is 7.00. The first-order valence-electron chi connectivity index (χ1n) is 7.00. The number of nitrogens with zero attached hydrogens (tertiary/aromatic N) is 1. The topological polar surface area (TPSA) is 60.5 Å². The van der Waals surface area contributed by atoms with E-state index in [2.05, 4.69) is 10.3 Å². The number of amides is 1. The van der Waals surface area contributed by atoms with E-state index in [0.717, 1.165) is 18.3 Å². The van der Waals surface area contributed by atoms with Crippen molar-refractivity contribution in [3.63, 3.8) is 0 Å². The number of pyridine rings is 1. The summed E-state index contributed by atoms with van der Waals surface area (Å²) in [6.45, 7) is 2.23. The van der Waals surface area contributed by atoms with Gasteiger partial charge in [-0.25, -0.2) is 4.98 Å². The molecule has 8 heteroatoms. The molecule has 1 N–H and O–H groups in total. The molecule has 2 aromatic rings. The van der Waals surface area contributed by atoms with Crippen LogP contribution in [0.4, 0.5) is 19.0 Å². The summed E-state index contributed by atoms with van der Waals surface area (Å²) in [6.07, 6.45) is -3.53. The van der Waals surface area contributed by atoms with Gasteiger partial charge in [0.1, 0.15) is 5.82 Å². The van der Waals surface area contributed by atoms with Crippen LogP contribution in [0.2, 0.25) is 0 Å². The normalized spacial score (nSPS) is 11.0. The van der Waals surface area contributed by atoms with Crippen molar-refractivity contribution in [3.05, 3.63) is 47.7 Å². The van der Waals surface area contributed by atoms with E-state index in [1.165, 1.54) is 19.2 Å². The molecule has 0 saturated carbocycles. The van der Waals surface area contributed by atoms with Crippen molar-refractivity contribution in [3.8, 4) is 11.5 Å². The molecule has 0 aliphatic carbocycles. The molecule has 2 rings (SSSR count). The highest BCUT2D eigenvalue weighted by Gasteiger charge is 2.30. The molecular formula is C16H15F3N2O3. The Balaban J connectivity index is 2.21. The Hall–Kier alpha value is -2.77. The number of carbonyl (C=O) groups excluding carboxylic acids is 1. The first kappa shape index (κ1) is 17.6. The smallest absolute Gasteiger partial charge is 0.416 e. The number of nitrogens with one attached hydrogen (secondary N) is 1. The Labute approximate surface area is 136 Å². The zero-order valence-corrected chi connectivity index (χ0v) is 13.0. The van der Waals surface area contributed by atoms with Gasteiger partial charge in [-0.3, -0.25) is 4.79 Å². The van der Waals surface area contributed by atoms with E-state index >= 15 is 0 Å². The maximum Gasteiger partial charge on any atom is 0.416 e. The quantitative estimate of drug-likeness (QED) is 0.900. The molecule has 1 amide bonds. The third-order valence-electron chi connectivity index (χ3n) is 3.05. The monoisotopic (exact) mass is 340 g/mol. The number of alkyl halides is 3. The number of methoxy groups -OCH3 is 1. The van der Waals surface area contributed by atoms with Crippen LogP contribution in [0.1, 0.15) is 22.8 Å². The SMILES string of the molecule is CCOc1ccc(C(=O)Nc2cc(C(F)(F)F)ccn2)cc1OC. The summed E-state index contributed by atoms with van der Waals surface area (Å²) in [7, 11) is 1.42. The molecule has 128 valence electrons. The molecule has 24 heavy (non-hydrogen) atoms. The van der Waals surface area contributed by atoms with Gasteiger partial charge in [-0.05, 0) is 37.3 Å². The Morgan fingerprint density at radius 1 is 1.21 bits per heavy atom. The van der Waals surface area contributed by atoms with Gasteiger partial charge in [0.2, 0.25) is 0 Å².